The van der Waals surface area contributed by atoms with Crippen molar-refractivity contribution in [2.24, 2.45) is 0 Å². The van der Waals surface area contributed by atoms with Crippen molar-refractivity contribution in [3.63, 3.8) is 0 Å². The van der Waals surface area contributed by atoms with Gasteiger partial charge in [-0.1, -0.05) is 12.2 Å². The van der Waals surface area contributed by atoms with E-state index in [2.05, 4.69) is 6.92 Å². The maximum Gasteiger partial charge on any atom is 0.337 e. The van der Waals surface area contributed by atoms with E-state index < -0.39 is 0 Å². The quantitative estimate of drug-likeness (QED) is 0.803. The Balaban J connectivity index is 2.13. The standard InChI is InChI=1S/C19H17O4/c1-4-5-13-7-15(9-16(8-13)19(20)21-3)14-6-12(2)18-17(10-14)22-11-23-18/h4-10H,1,11H2,2-3H3. The molecule has 1 aliphatic heterocycles. The molecular weight excluding hydrogens is 292 g/mol. The van der Waals surface area contributed by atoms with Crippen LogP contribution in [0.25, 0.3) is 17.2 Å². The van der Waals surface area contributed by atoms with Crippen molar-refractivity contribution in [1.29, 1.82) is 0 Å². The Hall–Kier alpha value is -2.75. The van der Waals surface area contributed by atoms with Crippen LogP contribution in [-0.2, 0) is 4.74 Å². The molecule has 1 aliphatic rings. The summed E-state index contributed by atoms with van der Waals surface area (Å²) in [5, 5.41) is 0. The maximum absolute atomic E-state index is 11.9. The smallest absolute Gasteiger partial charge is 0.337 e. The molecule has 4 heteroatoms. The molecule has 0 saturated carbocycles. The summed E-state index contributed by atoms with van der Waals surface area (Å²) in [4.78, 5) is 11.9. The number of rotatable bonds is 3. The molecule has 0 atom stereocenters. The lowest BCUT2D eigenvalue weighted by Gasteiger charge is -2.09. The van der Waals surface area contributed by atoms with Gasteiger partial charge in [0.25, 0.3) is 0 Å². The third kappa shape index (κ3) is 2.93. The van der Waals surface area contributed by atoms with Gasteiger partial charge in [-0.15, -0.1) is 0 Å². The molecule has 0 unspecified atom stereocenters. The SMILES string of the molecule is [CH2]C=Cc1cc(C(=O)OC)cc(-c2cc(C)c3c(c2)OCO3)c1. The molecule has 117 valence electrons. The van der Waals surface area contributed by atoms with E-state index in [1.165, 1.54) is 7.11 Å². The molecule has 3 rings (SSSR count). The Labute approximate surface area is 135 Å². The van der Waals surface area contributed by atoms with Crippen molar-refractivity contribution in [3.8, 4) is 22.6 Å². The number of fused-ring (bicyclic) bond motifs is 1. The van der Waals surface area contributed by atoms with Gasteiger partial charge in [-0.3, -0.25) is 0 Å². The first kappa shape index (κ1) is 15.2. The van der Waals surface area contributed by atoms with Crippen LogP contribution < -0.4 is 9.47 Å². The Bertz CT molecular complexity index is 790. The second-order valence-corrected chi connectivity index (χ2v) is 5.26. The van der Waals surface area contributed by atoms with E-state index in [1.807, 2.05) is 37.3 Å². The summed E-state index contributed by atoms with van der Waals surface area (Å²) in [5.41, 5.74) is 4.23. The average molecular weight is 309 g/mol. The van der Waals surface area contributed by atoms with E-state index >= 15 is 0 Å². The lowest BCUT2D eigenvalue weighted by atomic mass is 9.97. The number of aryl methyl sites for hydroxylation is 1. The summed E-state index contributed by atoms with van der Waals surface area (Å²) in [5.74, 6) is 1.12. The zero-order valence-corrected chi connectivity index (χ0v) is 13.1. The van der Waals surface area contributed by atoms with Crippen LogP contribution >= 0.6 is 0 Å². The van der Waals surface area contributed by atoms with E-state index in [4.69, 9.17) is 14.2 Å². The fourth-order valence-electron chi connectivity index (χ4n) is 2.64. The van der Waals surface area contributed by atoms with Gasteiger partial charge < -0.3 is 14.2 Å². The Morgan fingerprint density at radius 3 is 2.70 bits per heavy atom. The van der Waals surface area contributed by atoms with E-state index in [9.17, 15) is 4.79 Å². The van der Waals surface area contributed by atoms with Gasteiger partial charge in [-0.05, 0) is 66.4 Å². The number of benzene rings is 2. The summed E-state index contributed by atoms with van der Waals surface area (Å²) in [6.07, 6.45) is 3.53. The summed E-state index contributed by atoms with van der Waals surface area (Å²) in [6.45, 7) is 5.91. The molecule has 0 fully saturated rings. The first-order valence-corrected chi connectivity index (χ1v) is 7.22. The molecule has 0 aromatic heterocycles. The van der Waals surface area contributed by atoms with Crippen molar-refractivity contribution in [2.45, 2.75) is 6.92 Å². The van der Waals surface area contributed by atoms with Crippen LogP contribution in [0.1, 0.15) is 21.5 Å². The predicted octanol–water partition coefficient (Wildman–Crippen LogP) is 4.02. The summed E-state index contributed by atoms with van der Waals surface area (Å²) >= 11 is 0. The highest BCUT2D eigenvalue weighted by molar-refractivity contribution is 5.92. The van der Waals surface area contributed by atoms with Crippen LogP contribution in [0.4, 0.5) is 0 Å². The second-order valence-electron chi connectivity index (χ2n) is 5.26. The highest BCUT2D eigenvalue weighted by Crippen LogP contribution is 2.39. The third-order valence-electron chi connectivity index (χ3n) is 3.68. The number of hydrogen-bond donors (Lipinski definition) is 0. The van der Waals surface area contributed by atoms with Gasteiger partial charge in [0, 0.05) is 0 Å². The molecule has 0 spiro atoms. The number of carbonyl (C=O) groups is 1. The minimum Gasteiger partial charge on any atom is -0.465 e. The van der Waals surface area contributed by atoms with Crippen molar-refractivity contribution < 1.29 is 19.0 Å². The third-order valence-corrected chi connectivity index (χ3v) is 3.68. The second kappa shape index (κ2) is 6.16. The number of methoxy groups -OCH3 is 1. The molecule has 0 amide bonds. The number of ether oxygens (including phenoxy) is 3. The molecular formula is C19H17O4. The van der Waals surface area contributed by atoms with E-state index in [-0.39, 0.29) is 12.8 Å². The van der Waals surface area contributed by atoms with Gasteiger partial charge in [0.1, 0.15) is 0 Å². The van der Waals surface area contributed by atoms with E-state index in [0.29, 0.717) is 5.56 Å². The van der Waals surface area contributed by atoms with E-state index in [1.54, 1.807) is 12.1 Å². The summed E-state index contributed by atoms with van der Waals surface area (Å²) in [6, 6.07) is 9.51. The lowest BCUT2D eigenvalue weighted by molar-refractivity contribution is 0.0600. The molecule has 0 saturated heterocycles. The van der Waals surface area contributed by atoms with Crippen molar-refractivity contribution in [1.82, 2.24) is 0 Å². The van der Waals surface area contributed by atoms with Gasteiger partial charge >= 0.3 is 5.97 Å². The van der Waals surface area contributed by atoms with Gasteiger partial charge in [0.15, 0.2) is 11.5 Å². The van der Waals surface area contributed by atoms with Crippen molar-refractivity contribution in [2.75, 3.05) is 13.9 Å². The van der Waals surface area contributed by atoms with Gasteiger partial charge in [0.2, 0.25) is 6.79 Å². The number of esters is 1. The normalized spacial score (nSPS) is 12.7. The predicted molar refractivity (Wildman–Crippen MR) is 88.5 cm³/mol. The summed E-state index contributed by atoms with van der Waals surface area (Å²) in [7, 11) is 1.37. The topological polar surface area (TPSA) is 44.8 Å². The Kier molecular flexibility index (Phi) is 4.06. The largest absolute Gasteiger partial charge is 0.465 e. The van der Waals surface area contributed by atoms with Gasteiger partial charge in [0.05, 0.1) is 12.7 Å². The van der Waals surface area contributed by atoms with E-state index in [0.717, 1.165) is 33.8 Å². The van der Waals surface area contributed by atoms with Crippen molar-refractivity contribution >= 4 is 12.0 Å². The monoisotopic (exact) mass is 309 g/mol. The Morgan fingerprint density at radius 1 is 1.17 bits per heavy atom. The van der Waals surface area contributed by atoms with Crippen LogP contribution in [0, 0.1) is 13.8 Å². The van der Waals surface area contributed by atoms with Gasteiger partial charge in [-0.2, -0.15) is 0 Å². The lowest BCUT2D eigenvalue weighted by Crippen LogP contribution is -2.02. The fourth-order valence-corrected chi connectivity index (χ4v) is 2.64. The van der Waals surface area contributed by atoms with Crippen LogP contribution in [0.5, 0.6) is 11.5 Å². The van der Waals surface area contributed by atoms with Crippen LogP contribution in [0.3, 0.4) is 0 Å². The number of carbonyl (C=O) groups excluding carboxylic acids is 1. The minimum absolute atomic E-state index is 0.233. The van der Waals surface area contributed by atoms with Crippen LogP contribution in [0.15, 0.2) is 36.4 Å². The highest BCUT2D eigenvalue weighted by atomic mass is 16.7. The van der Waals surface area contributed by atoms with Crippen LogP contribution in [-0.4, -0.2) is 19.9 Å². The first-order chi connectivity index (χ1) is 11.1. The maximum atomic E-state index is 11.9. The minimum atomic E-state index is -0.372. The molecule has 23 heavy (non-hydrogen) atoms. The molecule has 0 N–H and O–H groups in total. The zero-order valence-electron chi connectivity index (χ0n) is 13.1. The summed E-state index contributed by atoms with van der Waals surface area (Å²) < 4.78 is 15.8. The van der Waals surface area contributed by atoms with Crippen LogP contribution in [0.2, 0.25) is 0 Å². The number of allylic oxidation sites excluding steroid dienone is 1. The van der Waals surface area contributed by atoms with Gasteiger partial charge in [-0.25, -0.2) is 4.79 Å². The molecule has 2 aromatic carbocycles. The zero-order chi connectivity index (χ0) is 16.4. The Morgan fingerprint density at radius 2 is 1.96 bits per heavy atom. The van der Waals surface area contributed by atoms with Crippen molar-refractivity contribution in [3.05, 3.63) is 60.0 Å². The first-order valence-electron chi connectivity index (χ1n) is 7.22. The number of hydrogen-bond acceptors (Lipinski definition) is 4. The molecule has 4 nitrogen and oxygen atoms in total. The molecule has 2 aromatic rings. The molecule has 0 bridgehead atoms. The molecule has 1 heterocycles. The highest BCUT2D eigenvalue weighted by Gasteiger charge is 2.18. The molecule has 0 aliphatic carbocycles. The average Bonchev–Trinajstić information content (AvgIpc) is 3.03. The fraction of sp³-hybridized carbons (Fsp3) is 0.158. The molecule has 1 radical (unpaired) electrons.